The van der Waals surface area contributed by atoms with Gasteiger partial charge in [-0.05, 0) is 6.92 Å². The van der Waals surface area contributed by atoms with Crippen molar-refractivity contribution >= 4 is 17.3 Å². The molecule has 0 spiro atoms. The zero-order valence-electron chi connectivity index (χ0n) is 7.65. The lowest BCUT2D eigenvalue weighted by Gasteiger charge is -2.17. The van der Waals surface area contributed by atoms with E-state index in [-0.39, 0.29) is 0 Å². The van der Waals surface area contributed by atoms with Crippen LogP contribution in [0.25, 0.3) is 0 Å². The van der Waals surface area contributed by atoms with E-state index in [1.165, 1.54) is 11.3 Å². The lowest BCUT2D eigenvalue weighted by Crippen LogP contribution is -2.16. The lowest BCUT2D eigenvalue weighted by atomic mass is 10.1. The van der Waals surface area contributed by atoms with Gasteiger partial charge in [0.2, 0.25) is 0 Å². The first-order chi connectivity index (χ1) is 6.70. The van der Waals surface area contributed by atoms with Crippen molar-refractivity contribution in [3.8, 4) is 11.5 Å². The average molecular weight is 214 g/mol. The van der Waals surface area contributed by atoms with Crippen LogP contribution >= 0.6 is 11.3 Å². The molecule has 0 fully saturated rings. The van der Waals surface area contributed by atoms with E-state index in [0.717, 1.165) is 4.88 Å². The molecule has 1 aliphatic heterocycles. The van der Waals surface area contributed by atoms with Gasteiger partial charge in [-0.15, -0.1) is 11.3 Å². The topological polar surface area (TPSA) is 55.8 Å². The molecule has 2 rings (SSSR count). The van der Waals surface area contributed by atoms with Crippen LogP contribution in [0, 0.1) is 0 Å². The first-order valence-corrected chi connectivity index (χ1v) is 5.18. The van der Waals surface area contributed by atoms with Crippen LogP contribution in [0.15, 0.2) is 5.38 Å². The zero-order valence-corrected chi connectivity index (χ0v) is 8.47. The van der Waals surface area contributed by atoms with Gasteiger partial charge < -0.3 is 14.6 Å². The number of rotatable bonds is 2. The number of ether oxygens (including phenoxy) is 2. The van der Waals surface area contributed by atoms with Crippen LogP contribution in [-0.4, -0.2) is 24.3 Å². The molecule has 1 aliphatic rings. The summed E-state index contributed by atoms with van der Waals surface area (Å²) in [5.41, 5.74) is 0. The summed E-state index contributed by atoms with van der Waals surface area (Å²) in [5.74, 6) is -0.102. The Kier molecular flexibility index (Phi) is 2.33. The fourth-order valence-electron chi connectivity index (χ4n) is 1.29. The van der Waals surface area contributed by atoms with Crippen LogP contribution in [-0.2, 0) is 4.79 Å². The number of hydrogen-bond donors (Lipinski definition) is 1. The van der Waals surface area contributed by atoms with Gasteiger partial charge in [0.05, 0.1) is 10.8 Å². The van der Waals surface area contributed by atoms with Crippen LogP contribution in [0.4, 0.5) is 0 Å². The van der Waals surface area contributed by atoms with Crippen LogP contribution in [0.3, 0.4) is 0 Å². The smallest absolute Gasteiger partial charge is 0.311 e. The van der Waals surface area contributed by atoms with E-state index in [4.69, 9.17) is 14.6 Å². The molecule has 5 heteroatoms. The normalized spacial score (nSPS) is 16.4. The highest BCUT2D eigenvalue weighted by Gasteiger charge is 2.25. The van der Waals surface area contributed by atoms with Gasteiger partial charge in [-0.25, -0.2) is 0 Å². The summed E-state index contributed by atoms with van der Waals surface area (Å²) in [4.78, 5) is 11.5. The van der Waals surface area contributed by atoms with Crippen LogP contribution in [0.2, 0.25) is 0 Å². The molecule has 1 N–H and O–H groups in total. The molecule has 0 radical (unpaired) electrons. The second-order valence-corrected chi connectivity index (χ2v) is 3.96. The minimum absolute atomic E-state index is 0.489. The van der Waals surface area contributed by atoms with Crippen molar-refractivity contribution in [3.05, 3.63) is 10.3 Å². The van der Waals surface area contributed by atoms with Crippen molar-refractivity contribution in [2.45, 2.75) is 12.8 Å². The standard InChI is InChI=1S/C9H10O4S/c1-5(9(10)11)8-7-6(4-14-8)12-2-3-13-7/h4-5H,2-3H2,1H3,(H,10,11). The van der Waals surface area contributed by atoms with Crippen LogP contribution in [0.1, 0.15) is 17.7 Å². The van der Waals surface area contributed by atoms with Crippen molar-refractivity contribution in [2.75, 3.05) is 13.2 Å². The maximum atomic E-state index is 10.8. The molecule has 0 aliphatic carbocycles. The Balaban J connectivity index is 2.34. The van der Waals surface area contributed by atoms with E-state index >= 15 is 0 Å². The van der Waals surface area contributed by atoms with Crippen LogP contribution in [0.5, 0.6) is 11.5 Å². The number of carboxylic acid groups (broad SMARTS) is 1. The molecular formula is C9H10O4S. The van der Waals surface area contributed by atoms with Gasteiger partial charge in [0.15, 0.2) is 11.5 Å². The van der Waals surface area contributed by atoms with Gasteiger partial charge in [0.25, 0.3) is 0 Å². The van der Waals surface area contributed by atoms with Crippen molar-refractivity contribution in [1.82, 2.24) is 0 Å². The summed E-state index contributed by atoms with van der Waals surface area (Å²) in [6.45, 7) is 2.67. The Labute approximate surface area is 85.1 Å². The second-order valence-electron chi connectivity index (χ2n) is 3.05. The third-order valence-electron chi connectivity index (χ3n) is 2.09. The maximum absolute atomic E-state index is 10.8. The molecule has 0 aromatic carbocycles. The highest BCUT2D eigenvalue weighted by Crippen LogP contribution is 2.43. The molecule has 0 bridgehead atoms. The molecule has 1 aromatic rings. The number of fused-ring (bicyclic) bond motifs is 1. The molecular weight excluding hydrogens is 204 g/mol. The fourth-order valence-corrected chi connectivity index (χ4v) is 2.27. The van der Waals surface area contributed by atoms with Crippen molar-refractivity contribution in [2.24, 2.45) is 0 Å². The molecule has 76 valence electrons. The van der Waals surface area contributed by atoms with E-state index in [1.54, 1.807) is 12.3 Å². The Bertz CT molecular complexity index is 358. The molecule has 0 amide bonds. The third-order valence-corrected chi connectivity index (χ3v) is 3.22. The Morgan fingerprint density at radius 1 is 1.57 bits per heavy atom. The maximum Gasteiger partial charge on any atom is 0.311 e. The van der Waals surface area contributed by atoms with E-state index in [0.29, 0.717) is 24.7 Å². The van der Waals surface area contributed by atoms with Crippen molar-refractivity contribution in [1.29, 1.82) is 0 Å². The number of aliphatic carboxylic acids is 1. The SMILES string of the molecule is CC(C(=O)O)c1scc2c1OCCO2. The molecule has 14 heavy (non-hydrogen) atoms. The largest absolute Gasteiger partial charge is 0.485 e. The van der Waals surface area contributed by atoms with Gasteiger partial charge in [0.1, 0.15) is 13.2 Å². The molecule has 0 saturated heterocycles. The van der Waals surface area contributed by atoms with Crippen LogP contribution < -0.4 is 9.47 Å². The second kappa shape index (κ2) is 3.49. The van der Waals surface area contributed by atoms with Gasteiger partial charge in [0, 0.05) is 5.38 Å². The molecule has 1 atom stereocenters. The predicted molar refractivity (Wildman–Crippen MR) is 51.4 cm³/mol. The first-order valence-electron chi connectivity index (χ1n) is 4.30. The number of carboxylic acids is 1. The van der Waals surface area contributed by atoms with E-state index in [9.17, 15) is 4.79 Å². The van der Waals surface area contributed by atoms with Crippen molar-refractivity contribution < 1.29 is 19.4 Å². The molecule has 4 nitrogen and oxygen atoms in total. The quantitative estimate of drug-likeness (QED) is 0.814. The van der Waals surface area contributed by atoms with E-state index in [1.807, 2.05) is 0 Å². The lowest BCUT2D eigenvalue weighted by molar-refractivity contribution is -0.138. The summed E-state index contributed by atoms with van der Waals surface area (Å²) in [6.07, 6.45) is 0. The minimum Gasteiger partial charge on any atom is -0.485 e. The molecule has 1 aromatic heterocycles. The number of carbonyl (C=O) groups is 1. The van der Waals surface area contributed by atoms with Gasteiger partial charge in [-0.3, -0.25) is 4.79 Å². The Morgan fingerprint density at radius 3 is 3.00 bits per heavy atom. The number of thiophene rings is 1. The van der Waals surface area contributed by atoms with E-state index in [2.05, 4.69) is 0 Å². The summed E-state index contributed by atoms with van der Waals surface area (Å²) in [6, 6.07) is 0. The minimum atomic E-state index is -0.844. The van der Waals surface area contributed by atoms with E-state index < -0.39 is 11.9 Å². The summed E-state index contributed by atoms with van der Waals surface area (Å²) >= 11 is 1.37. The summed E-state index contributed by atoms with van der Waals surface area (Å²) < 4.78 is 10.7. The zero-order chi connectivity index (χ0) is 10.1. The highest BCUT2D eigenvalue weighted by atomic mass is 32.1. The summed E-state index contributed by atoms with van der Waals surface area (Å²) in [5, 5.41) is 10.7. The summed E-state index contributed by atoms with van der Waals surface area (Å²) in [7, 11) is 0. The molecule has 1 unspecified atom stereocenters. The Hall–Kier alpha value is -1.23. The highest BCUT2D eigenvalue weighted by molar-refractivity contribution is 7.10. The fraction of sp³-hybridized carbons (Fsp3) is 0.444. The molecule has 0 saturated carbocycles. The number of hydrogen-bond acceptors (Lipinski definition) is 4. The third kappa shape index (κ3) is 1.43. The van der Waals surface area contributed by atoms with Gasteiger partial charge >= 0.3 is 5.97 Å². The van der Waals surface area contributed by atoms with Gasteiger partial charge in [-0.1, -0.05) is 0 Å². The average Bonchev–Trinajstić information content (AvgIpc) is 2.60. The van der Waals surface area contributed by atoms with Gasteiger partial charge in [-0.2, -0.15) is 0 Å². The van der Waals surface area contributed by atoms with Crippen molar-refractivity contribution in [3.63, 3.8) is 0 Å². The predicted octanol–water partition coefficient (Wildman–Crippen LogP) is 1.71. The molecule has 2 heterocycles. The first kappa shape index (κ1) is 9.33. The Morgan fingerprint density at radius 2 is 2.29 bits per heavy atom. The monoisotopic (exact) mass is 214 g/mol.